The number of halogens is 3. The van der Waals surface area contributed by atoms with Gasteiger partial charge in [0.05, 0.1) is 10.0 Å². The first-order valence-corrected chi connectivity index (χ1v) is 6.53. The van der Waals surface area contributed by atoms with Crippen LogP contribution in [0.2, 0.25) is 15.1 Å². The highest BCUT2D eigenvalue weighted by atomic mass is 35.5. The van der Waals surface area contributed by atoms with Crippen LogP contribution in [-0.2, 0) is 6.61 Å². The summed E-state index contributed by atoms with van der Waals surface area (Å²) in [6.07, 6.45) is 0. The smallest absolute Gasteiger partial charge is 0.124 e. The van der Waals surface area contributed by atoms with Crippen molar-refractivity contribution in [2.75, 3.05) is 0 Å². The number of benzene rings is 2. The van der Waals surface area contributed by atoms with Gasteiger partial charge in [0.15, 0.2) is 0 Å². The summed E-state index contributed by atoms with van der Waals surface area (Å²) in [6, 6.07) is 11.0. The van der Waals surface area contributed by atoms with Crippen molar-refractivity contribution >= 4 is 34.8 Å². The lowest BCUT2D eigenvalue weighted by atomic mass is 10.2. The van der Waals surface area contributed by atoms with E-state index in [-0.39, 0.29) is 0 Å². The topological polar surface area (TPSA) is 9.23 Å². The zero-order valence-corrected chi connectivity index (χ0v) is 12.0. The summed E-state index contributed by atoms with van der Waals surface area (Å²) in [5.41, 5.74) is 1.88. The molecule has 0 N–H and O–H groups in total. The Morgan fingerprint density at radius 1 is 1.06 bits per heavy atom. The van der Waals surface area contributed by atoms with E-state index in [9.17, 15) is 0 Å². The van der Waals surface area contributed by atoms with E-state index in [1.54, 1.807) is 12.1 Å². The van der Waals surface area contributed by atoms with Crippen molar-refractivity contribution in [1.82, 2.24) is 0 Å². The molecule has 0 amide bonds. The summed E-state index contributed by atoms with van der Waals surface area (Å²) < 4.78 is 5.71. The van der Waals surface area contributed by atoms with E-state index in [2.05, 4.69) is 0 Å². The van der Waals surface area contributed by atoms with Crippen LogP contribution in [0.15, 0.2) is 36.4 Å². The summed E-state index contributed by atoms with van der Waals surface area (Å²) in [4.78, 5) is 0. The highest BCUT2D eigenvalue weighted by Gasteiger charge is 2.06. The molecule has 0 heterocycles. The van der Waals surface area contributed by atoms with E-state index in [4.69, 9.17) is 39.5 Å². The molecule has 0 spiro atoms. The van der Waals surface area contributed by atoms with E-state index in [1.807, 2.05) is 31.2 Å². The predicted molar refractivity (Wildman–Crippen MR) is 77.0 cm³/mol. The Morgan fingerprint density at radius 3 is 2.61 bits per heavy atom. The minimum absolute atomic E-state index is 0.362. The van der Waals surface area contributed by atoms with Gasteiger partial charge < -0.3 is 4.74 Å². The molecule has 0 saturated carbocycles. The average molecular weight is 302 g/mol. The first kappa shape index (κ1) is 13.5. The van der Waals surface area contributed by atoms with E-state index in [0.717, 1.165) is 16.9 Å². The lowest BCUT2D eigenvalue weighted by Gasteiger charge is -2.11. The van der Waals surface area contributed by atoms with Crippen molar-refractivity contribution in [1.29, 1.82) is 0 Å². The normalized spacial score (nSPS) is 10.4. The second-order valence-electron chi connectivity index (χ2n) is 3.91. The van der Waals surface area contributed by atoms with E-state index in [0.29, 0.717) is 21.7 Å². The Morgan fingerprint density at radius 2 is 1.83 bits per heavy atom. The maximum atomic E-state index is 6.09. The standard InChI is InChI=1S/C14H11Cl3O/c1-9-5-6-11(15)7-13(9)18-8-10-3-2-4-12(16)14(10)17/h2-7H,8H2,1H3. The van der Waals surface area contributed by atoms with Gasteiger partial charge in [-0.15, -0.1) is 0 Å². The minimum atomic E-state index is 0.362. The molecule has 0 aromatic heterocycles. The van der Waals surface area contributed by atoms with Crippen LogP contribution in [-0.4, -0.2) is 0 Å². The average Bonchev–Trinajstić information content (AvgIpc) is 2.35. The van der Waals surface area contributed by atoms with Crippen molar-refractivity contribution < 1.29 is 4.74 Å². The molecular weight excluding hydrogens is 291 g/mol. The fraction of sp³-hybridized carbons (Fsp3) is 0.143. The van der Waals surface area contributed by atoms with Crippen LogP contribution in [0.1, 0.15) is 11.1 Å². The van der Waals surface area contributed by atoms with Gasteiger partial charge in [0.25, 0.3) is 0 Å². The van der Waals surface area contributed by atoms with Crippen molar-refractivity contribution in [3.63, 3.8) is 0 Å². The van der Waals surface area contributed by atoms with E-state index in [1.165, 1.54) is 0 Å². The predicted octanol–water partition coefficient (Wildman–Crippen LogP) is 5.53. The number of aryl methyl sites for hydroxylation is 1. The van der Waals surface area contributed by atoms with Gasteiger partial charge in [0, 0.05) is 10.6 Å². The molecule has 0 unspecified atom stereocenters. The number of ether oxygens (including phenoxy) is 1. The Kier molecular flexibility index (Phi) is 4.39. The molecule has 1 nitrogen and oxygen atoms in total. The van der Waals surface area contributed by atoms with Crippen LogP contribution in [0.25, 0.3) is 0 Å². The van der Waals surface area contributed by atoms with Crippen LogP contribution >= 0.6 is 34.8 Å². The quantitative estimate of drug-likeness (QED) is 0.724. The Bertz CT molecular complexity index is 565. The number of hydrogen-bond acceptors (Lipinski definition) is 1. The lowest BCUT2D eigenvalue weighted by Crippen LogP contribution is -1.98. The first-order valence-electron chi connectivity index (χ1n) is 5.40. The van der Waals surface area contributed by atoms with E-state index >= 15 is 0 Å². The van der Waals surface area contributed by atoms with Crippen molar-refractivity contribution in [3.05, 3.63) is 62.6 Å². The van der Waals surface area contributed by atoms with Crippen LogP contribution in [0.4, 0.5) is 0 Å². The summed E-state index contributed by atoms with van der Waals surface area (Å²) in [7, 11) is 0. The largest absolute Gasteiger partial charge is 0.489 e. The molecule has 0 bridgehead atoms. The Balaban J connectivity index is 2.16. The van der Waals surface area contributed by atoms with Crippen LogP contribution in [0.3, 0.4) is 0 Å². The maximum Gasteiger partial charge on any atom is 0.124 e. The molecule has 0 aliphatic carbocycles. The number of hydrogen-bond donors (Lipinski definition) is 0. The SMILES string of the molecule is Cc1ccc(Cl)cc1OCc1cccc(Cl)c1Cl. The monoisotopic (exact) mass is 300 g/mol. The van der Waals surface area contributed by atoms with Gasteiger partial charge in [-0.25, -0.2) is 0 Å². The summed E-state index contributed by atoms with van der Waals surface area (Å²) in [5.74, 6) is 0.749. The second kappa shape index (κ2) is 5.83. The van der Waals surface area contributed by atoms with Crippen molar-refractivity contribution in [3.8, 4) is 5.75 Å². The number of rotatable bonds is 3. The zero-order valence-electron chi connectivity index (χ0n) is 9.71. The Hall–Kier alpha value is -0.890. The third-order valence-electron chi connectivity index (χ3n) is 2.56. The highest BCUT2D eigenvalue weighted by Crippen LogP contribution is 2.28. The molecule has 0 aliphatic heterocycles. The Labute approximate surface area is 121 Å². The molecule has 2 rings (SSSR count). The molecule has 0 aliphatic rings. The van der Waals surface area contributed by atoms with Gasteiger partial charge in [0.2, 0.25) is 0 Å². The summed E-state index contributed by atoms with van der Waals surface area (Å²) in [6.45, 7) is 2.33. The minimum Gasteiger partial charge on any atom is -0.489 e. The summed E-state index contributed by atoms with van der Waals surface area (Å²) >= 11 is 18.0. The molecule has 2 aromatic rings. The third kappa shape index (κ3) is 3.11. The highest BCUT2D eigenvalue weighted by molar-refractivity contribution is 6.42. The molecule has 0 saturated heterocycles. The maximum absolute atomic E-state index is 6.09. The van der Waals surface area contributed by atoms with Gasteiger partial charge in [-0.2, -0.15) is 0 Å². The van der Waals surface area contributed by atoms with Crippen molar-refractivity contribution in [2.45, 2.75) is 13.5 Å². The fourth-order valence-corrected chi connectivity index (χ4v) is 2.08. The van der Waals surface area contributed by atoms with Gasteiger partial charge in [-0.3, -0.25) is 0 Å². The fourth-order valence-electron chi connectivity index (χ4n) is 1.54. The molecule has 0 atom stereocenters. The van der Waals surface area contributed by atoms with Gasteiger partial charge in [-0.05, 0) is 30.7 Å². The molecule has 18 heavy (non-hydrogen) atoms. The van der Waals surface area contributed by atoms with E-state index < -0.39 is 0 Å². The molecule has 4 heteroatoms. The lowest BCUT2D eigenvalue weighted by molar-refractivity contribution is 0.304. The third-order valence-corrected chi connectivity index (χ3v) is 3.66. The molecule has 94 valence electrons. The van der Waals surface area contributed by atoms with Crippen LogP contribution < -0.4 is 4.74 Å². The van der Waals surface area contributed by atoms with Crippen molar-refractivity contribution in [2.24, 2.45) is 0 Å². The van der Waals surface area contributed by atoms with Gasteiger partial charge in [0.1, 0.15) is 12.4 Å². The summed E-state index contributed by atoms with van der Waals surface area (Å²) in [5, 5.41) is 1.70. The molecule has 0 fully saturated rings. The van der Waals surface area contributed by atoms with Crippen LogP contribution in [0.5, 0.6) is 5.75 Å². The molecule has 2 aromatic carbocycles. The second-order valence-corrected chi connectivity index (χ2v) is 5.13. The van der Waals surface area contributed by atoms with Gasteiger partial charge in [-0.1, -0.05) is 53.0 Å². The van der Waals surface area contributed by atoms with Gasteiger partial charge >= 0.3 is 0 Å². The zero-order chi connectivity index (χ0) is 13.1. The van der Waals surface area contributed by atoms with Crippen LogP contribution in [0, 0.1) is 6.92 Å². The molecule has 0 radical (unpaired) electrons. The molecular formula is C14H11Cl3O. The first-order chi connectivity index (χ1) is 8.58.